The maximum Gasteiger partial charge on any atom is 0.220 e. The maximum atomic E-state index is 11.8. The van der Waals surface area contributed by atoms with Crippen LogP contribution < -0.4 is 11.1 Å². The standard InChI is InChI=1S/C13H26N2O/c1-9(2)6-11(8-14)7-13(16)15-10(3)12-4-5-12/h9-12H,4-8,14H2,1-3H3,(H,15,16). The van der Waals surface area contributed by atoms with E-state index in [2.05, 4.69) is 26.1 Å². The van der Waals surface area contributed by atoms with Crippen molar-refractivity contribution in [3.05, 3.63) is 0 Å². The van der Waals surface area contributed by atoms with Gasteiger partial charge in [0.15, 0.2) is 0 Å². The van der Waals surface area contributed by atoms with Crippen LogP contribution in [-0.2, 0) is 4.79 Å². The van der Waals surface area contributed by atoms with Crippen molar-refractivity contribution in [3.8, 4) is 0 Å². The first-order valence-electron chi connectivity index (χ1n) is 6.52. The number of nitrogens with one attached hydrogen (secondary N) is 1. The van der Waals surface area contributed by atoms with Crippen LogP contribution in [0.1, 0.15) is 46.5 Å². The van der Waals surface area contributed by atoms with E-state index in [1.807, 2.05) is 0 Å². The Bertz CT molecular complexity index is 224. The van der Waals surface area contributed by atoms with Gasteiger partial charge in [-0.25, -0.2) is 0 Å². The Morgan fingerprint density at radius 3 is 2.44 bits per heavy atom. The Kier molecular flexibility index (Phi) is 5.26. The van der Waals surface area contributed by atoms with E-state index in [0.29, 0.717) is 30.8 Å². The van der Waals surface area contributed by atoms with E-state index in [0.717, 1.165) is 12.3 Å². The molecular weight excluding hydrogens is 200 g/mol. The van der Waals surface area contributed by atoms with E-state index in [1.54, 1.807) is 0 Å². The lowest BCUT2D eigenvalue weighted by molar-refractivity contribution is -0.122. The molecule has 0 bridgehead atoms. The molecule has 94 valence electrons. The average Bonchev–Trinajstić information content (AvgIpc) is 2.98. The SMILES string of the molecule is CC(C)CC(CN)CC(=O)NC(C)C1CC1. The van der Waals surface area contributed by atoms with Crippen molar-refractivity contribution in [3.63, 3.8) is 0 Å². The lowest BCUT2D eigenvalue weighted by atomic mass is 9.94. The van der Waals surface area contributed by atoms with E-state index in [1.165, 1.54) is 12.8 Å². The van der Waals surface area contributed by atoms with Gasteiger partial charge in [-0.3, -0.25) is 4.79 Å². The molecule has 1 amide bonds. The highest BCUT2D eigenvalue weighted by molar-refractivity contribution is 5.76. The Balaban J connectivity index is 2.24. The van der Waals surface area contributed by atoms with Crippen molar-refractivity contribution in [1.82, 2.24) is 5.32 Å². The van der Waals surface area contributed by atoms with Crippen molar-refractivity contribution < 1.29 is 4.79 Å². The molecule has 16 heavy (non-hydrogen) atoms. The Morgan fingerprint density at radius 2 is 2.00 bits per heavy atom. The first-order valence-corrected chi connectivity index (χ1v) is 6.52. The van der Waals surface area contributed by atoms with Crippen molar-refractivity contribution >= 4 is 5.91 Å². The first kappa shape index (κ1) is 13.5. The van der Waals surface area contributed by atoms with Gasteiger partial charge < -0.3 is 11.1 Å². The van der Waals surface area contributed by atoms with E-state index < -0.39 is 0 Å². The molecule has 1 aliphatic carbocycles. The fourth-order valence-corrected chi connectivity index (χ4v) is 2.22. The second kappa shape index (κ2) is 6.24. The molecule has 1 fully saturated rings. The Morgan fingerprint density at radius 1 is 1.38 bits per heavy atom. The molecule has 3 nitrogen and oxygen atoms in total. The summed E-state index contributed by atoms with van der Waals surface area (Å²) in [4.78, 5) is 11.8. The third kappa shape index (κ3) is 4.97. The lowest BCUT2D eigenvalue weighted by Crippen LogP contribution is -2.36. The third-order valence-corrected chi connectivity index (χ3v) is 3.33. The van der Waals surface area contributed by atoms with Crippen LogP contribution in [0, 0.1) is 17.8 Å². The molecule has 0 spiro atoms. The molecular formula is C13H26N2O. The summed E-state index contributed by atoms with van der Waals surface area (Å²) >= 11 is 0. The van der Waals surface area contributed by atoms with Gasteiger partial charge in [0.05, 0.1) is 0 Å². The van der Waals surface area contributed by atoms with E-state index >= 15 is 0 Å². The van der Waals surface area contributed by atoms with E-state index in [9.17, 15) is 4.79 Å². The molecule has 0 aromatic carbocycles. The molecule has 3 heteroatoms. The van der Waals surface area contributed by atoms with Gasteiger partial charge in [-0.15, -0.1) is 0 Å². The van der Waals surface area contributed by atoms with Gasteiger partial charge in [0.2, 0.25) is 5.91 Å². The van der Waals surface area contributed by atoms with Crippen LogP contribution in [0.15, 0.2) is 0 Å². The highest BCUT2D eigenvalue weighted by Crippen LogP contribution is 2.32. The van der Waals surface area contributed by atoms with Gasteiger partial charge in [-0.05, 0) is 50.5 Å². The minimum Gasteiger partial charge on any atom is -0.353 e. The quantitative estimate of drug-likeness (QED) is 0.697. The van der Waals surface area contributed by atoms with Crippen molar-refractivity contribution in [2.24, 2.45) is 23.5 Å². The Hall–Kier alpha value is -0.570. The summed E-state index contributed by atoms with van der Waals surface area (Å²) in [6.45, 7) is 7.07. The van der Waals surface area contributed by atoms with Crippen LogP contribution in [0.25, 0.3) is 0 Å². The average molecular weight is 226 g/mol. The van der Waals surface area contributed by atoms with Crippen LogP contribution in [-0.4, -0.2) is 18.5 Å². The van der Waals surface area contributed by atoms with Crippen LogP contribution in [0.4, 0.5) is 0 Å². The van der Waals surface area contributed by atoms with Gasteiger partial charge in [-0.2, -0.15) is 0 Å². The van der Waals surface area contributed by atoms with Crippen molar-refractivity contribution in [2.45, 2.75) is 52.5 Å². The molecule has 0 heterocycles. The van der Waals surface area contributed by atoms with Crippen molar-refractivity contribution in [1.29, 1.82) is 0 Å². The molecule has 0 aromatic rings. The smallest absolute Gasteiger partial charge is 0.220 e. The highest BCUT2D eigenvalue weighted by Gasteiger charge is 2.29. The zero-order chi connectivity index (χ0) is 12.1. The summed E-state index contributed by atoms with van der Waals surface area (Å²) in [5.41, 5.74) is 5.69. The maximum absolute atomic E-state index is 11.8. The minimum absolute atomic E-state index is 0.176. The van der Waals surface area contributed by atoms with E-state index in [4.69, 9.17) is 5.73 Å². The van der Waals surface area contributed by atoms with Gasteiger partial charge in [0.25, 0.3) is 0 Å². The normalized spacial score (nSPS) is 19.6. The summed E-state index contributed by atoms with van der Waals surface area (Å²) in [6, 6.07) is 0.352. The van der Waals surface area contributed by atoms with Gasteiger partial charge in [0.1, 0.15) is 0 Å². The third-order valence-electron chi connectivity index (χ3n) is 3.33. The fourth-order valence-electron chi connectivity index (χ4n) is 2.22. The topological polar surface area (TPSA) is 55.1 Å². The Labute approximate surface area is 99.2 Å². The summed E-state index contributed by atoms with van der Waals surface area (Å²) in [6.07, 6.45) is 4.18. The van der Waals surface area contributed by atoms with Crippen LogP contribution in [0.2, 0.25) is 0 Å². The predicted molar refractivity (Wildman–Crippen MR) is 66.9 cm³/mol. The van der Waals surface area contributed by atoms with Crippen LogP contribution in [0.5, 0.6) is 0 Å². The molecule has 2 unspecified atom stereocenters. The molecule has 0 aromatic heterocycles. The number of hydrogen-bond acceptors (Lipinski definition) is 2. The molecule has 3 N–H and O–H groups in total. The fraction of sp³-hybridized carbons (Fsp3) is 0.923. The van der Waals surface area contributed by atoms with E-state index in [-0.39, 0.29) is 5.91 Å². The molecule has 2 atom stereocenters. The summed E-state index contributed by atoms with van der Waals surface area (Å²) < 4.78 is 0. The largest absolute Gasteiger partial charge is 0.353 e. The highest BCUT2D eigenvalue weighted by atomic mass is 16.1. The molecule has 0 saturated heterocycles. The molecule has 1 saturated carbocycles. The van der Waals surface area contributed by atoms with Crippen LogP contribution in [0.3, 0.4) is 0 Å². The van der Waals surface area contributed by atoms with Gasteiger partial charge in [-0.1, -0.05) is 13.8 Å². The summed E-state index contributed by atoms with van der Waals surface area (Å²) in [5.74, 6) is 1.86. The molecule has 0 radical (unpaired) electrons. The lowest BCUT2D eigenvalue weighted by Gasteiger charge is -2.18. The first-order chi connectivity index (χ1) is 7.52. The second-order valence-corrected chi connectivity index (χ2v) is 5.63. The second-order valence-electron chi connectivity index (χ2n) is 5.63. The van der Waals surface area contributed by atoms with Gasteiger partial charge >= 0.3 is 0 Å². The van der Waals surface area contributed by atoms with Gasteiger partial charge in [0, 0.05) is 12.5 Å². The number of amides is 1. The predicted octanol–water partition coefficient (Wildman–Crippen LogP) is 1.91. The van der Waals surface area contributed by atoms with Crippen LogP contribution >= 0.6 is 0 Å². The molecule has 1 aliphatic rings. The zero-order valence-electron chi connectivity index (χ0n) is 10.8. The summed E-state index contributed by atoms with van der Waals surface area (Å²) in [7, 11) is 0. The van der Waals surface area contributed by atoms with Crippen molar-refractivity contribution in [2.75, 3.05) is 6.54 Å². The minimum atomic E-state index is 0.176. The molecule has 1 rings (SSSR count). The number of carbonyl (C=O) groups is 1. The molecule has 0 aliphatic heterocycles. The number of hydrogen-bond donors (Lipinski definition) is 2. The number of nitrogens with two attached hydrogens (primary N) is 1. The summed E-state index contributed by atoms with van der Waals surface area (Å²) in [5, 5.41) is 3.09. The number of rotatable bonds is 7. The monoisotopic (exact) mass is 226 g/mol. The zero-order valence-corrected chi connectivity index (χ0v) is 10.8. The number of carbonyl (C=O) groups excluding carboxylic acids is 1.